The third kappa shape index (κ3) is 2.28. The van der Waals surface area contributed by atoms with Gasteiger partial charge in [0.15, 0.2) is 0 Å². The molecule has 1 aliphatic rings. The summed E-state index contributed by atoms with van der Waals surface area (Å²) in [5, 5.41) is 4.29. The van der Waals surface area contributed by atoms with Gasteiger partial charge >= 0.3 is 0 Å². The standard InChI is InChI=1S/C11H13BrN4O/c1-8-2-13-11(17-8)7-15-5-10(6-15)16-4-9(12)3-14-16/h2-4,10H,5-7H2,1H3. The topological polar surface area (TPSA) is 47.1 Å². The molecule has 0 atom stereocenters. The molecule has 1 saturated heterocycles. The highest BCUT2D eigenvalue weighted by atomic mass is 79.9. The van der Waals surface area contributed by atoms with Crippen molar-refractivity contribution in [3.63, 3.8) is 0 Å². The van der Waals surface area contributed by atoms with Crippen LogP contribution in [0.3, 0.4) is 0 Å². The molecular weight excluding hydrogens is 284 g/mol. The molecule has 5 nitrogen and oxygen atoms in total. The third-order valence-corrected chi connectivity index (χ3v) is 3.32. The Morgan fingerprint density at radius 1 is 1.47 bits per heavy atom. The van der Waals surface area contributed by atoms with Crippen LogP contribution >= 0.6 is 15.9 Å². The van der Waals surface area contributed by atoms with Crippen molar-refractivity contribution in [2.75, 3.05) is 13.1 Å². The van der Waals surface area contributed by atoms with Crippen molar-refractivity contribution in [3.05, 3.63) is 34.7 Å². The van der Waals surface area contributed by atoms with Gasteiger partial charge in [-0.3, -0.25) is 9.58 Å². The fraction of sp³-hybridized carbons (Fsp3) is 0.455. The molecule has 0 spiro atoms. The lowest BCUT2D eigenvalue weighted by molar-refractivity contribution is 0.0812. The van der Waals surface area contributed by atoms with E-state index in [-0.39, 0.29) is 0 Å². The summed E-state index contributed by atoms with van der Waals surface area (Å²) in [6.07, 6.45) is 5.59. The van der Waals surface area contributed by atoms with E-state index < -0.39 is 0 Å². The predicted octanol–water partition coefficient (Wildman–Crippen LogP) is 2.00. The molecule has 90 valence electrons. The highest BCUT2D eigenvalue weighted by molar-refractivity contribution is 9.10. The zero-order valence-electron chi connectivity index (χ0n) is 9.51. The Morgan fingerprint density at radius 2 is 2.29 bits per heavy atom. The summed E-state index contributed by atoms with van der Waals surface area (Å²) in [5.74, 6) is 1.66. The second kappa shape index (κ2) is 4.27. The van der Waals surface area contributed by atoms with Gasteiger partial charge in [0.25, 0.3) is 0 Å². The van der Waals surface area contributed by atoms with E-state index in [1.165, 1.54) is 0 Å². The molecule has 2 aromatic heterocycles. The van der Waals surface area contributed by atoms with E-state index in [4.69, 9.17) is 4.42 Å². The quantitative estimate of drug-likeness (QED) is 0.869. The van der Waals surface area contributed by atoms with Crippen LogP contribution in [0.15, 0.2) is 27.5 Å². The van der Waals surface area contributed by atoms with Crippen LogP contribution in [0.2, 0.25) is 0 Å². The van der Waals surface area contributed by atoms with Crippen molar-refractivity contribution >= 4 is 15.9 Å². The predicted molar refractivity (Wildman–Crippen MR) is 65.5 cm³/mol. The maximum atomic E-state index is 5.45. The molecule has 0 amide bonds. The molecule has 0 unspecified atom stereocenters. The minimum absolute atomic E-state index is 0.470. The van der Waals surface area contributed by atoms with Crippen LogP contribution in [-0.2, 0) is 6.54 Å². The monoisotopic (exact) mass is 296 g/mol. The smallest absolute Gasteiger partial charge is 0.208 e. The van der Waals surface area contributed by atoms with Crippen molar-refractivity contribution in [3.8, 4) is 0 Å². The van der Waals surface area contributed by atoms with E-state index in [2.05, 4.69) is 30.9 Å². The Morgan fingerprint density at radius 3 is 2.88 bits per heavy atom. The van der Waals surface area contributed by atoms with E-state index in [1.807, 2.05) is 24.0 Å². The molecule has 0 radical (unpaired) electrons. The van der Waals surface area contributed by atoms with Gasteiger partial charge in [0.1, 0.15) is 5.76 Å². The van der Waals surface area contributed by atoms with Crippen molar-refractivity contribution in [2.24, 2.45) is 0 Å². The van der Waals surface area contributed by atoms with Crippen molar-refractivity contribution < 1.29 is 4.42 Å². The van der Waals surface area contributed by atoms with Crippen LogP contribution in [-0.4, -0.2) is 32.8 Å². The summed E-state index contributed by atoms with van der Waals surface area (Å²) in [6, 6.07) is 0.470. The molecule has 2 aromatic rings. The first kappa shape index (κ1) is 11.0. The Kier molecular flexibility index (Phi) is 2.76. The first-order chi connectivity index (χ1) is 8.20. The van der Waals surface area contributed by atoms with Gasteiger partial charge in [-0.05, 0) is 22.9 Å². The molecule has 17 heavy (non-hydrogen) atoms. The third-order valence-electron chi connectivity index (χ3n) is 2.91. The SMILES string of the molecule is Cc1cnc(CN2CC(n3cc(Br)cn3)C2)o1. The van der Waals surface area contributed by atoms with Gasteiger partial charge in [-0.2, -0.15) is 5.10 Å². The van der Waals surface area contributed by atoms with Crippen LogP contribution < -0.4 is 0 Å². The molecule has 3 heterocycles. The largest absolute Gasteiger partial charge is 0.445 e. The highest BCUT2D eigenvalue weighted by Crippen LogP contribution is 2.23. The Balaban J connectivity index is 1.55. The molecule has 0 bridgehead atoms. The number of oxazole rings is 1. The second-order valence-electron chi connectivity index (χ2n) is 4.35. The Labute approximate surface area is 108 Å². The van der Waals surface area contributed by atoms with Gasteiger partial charge in [-0.1, -0.05) is 0 Å². The maximum absolute atomic E-state index is 5.45. The Hall–Kier alpha value is -1.14. The molecule has 0 aliphatic carbocycles. The van der Waals surface area contributed by atoms with E-state index >= 15 is 0 Å². The fourth-order valence-corrected chi connectivity index (χ4v) is 2.32. The van der Waals surface area contributed by atoms with Crippen LogP contribution in [0.1, 0.15) is 17.7 Å². The van der Waals surface area contributed by atoms with Gasteiger partial charge in [0.05, 0.1) is 29.5 Å². The number of rotatable bonds is 3. The first-order valence-corrected chi connectivity index (χ1v) is 6.33. The second-order valence-corrected chi connectivity index (χ2v) is 5.27. The van der Waals surface area contributed by atoms with Gasteiger partial charge < -0.3 is 4.42 Å². The molecular formula is C11H13BrN4O. The van der Waals surface area contributed by atoms with Gasteiger partial charge in [0.2, 0.25) is 5.89 Å². The summed E-state index contributed by atoms with van der Waals surface area (Å²) in [6.45, 7) is 4.69. The van der Waals surface area contributed by atoms with Gasteiger partial charge in [-0.25, -0.2) is 4.98 Å². The average Bonchev–Trinajstić information content (AvgIpc) is 2.81. The minimum atomic E-state index is 0.470. The van der Waals surface area contributed by atoms with Crippen LogP contribution in [0, 0.1) is 6.92 Å². The lowest BCUT2D eigenvalue weighted by atomic mass is 10.1. The normalized spacial score (nSPS) is 17.3. The first-order valence-electron chi connectivity index (χ1n) is 5.54. The summed E-state index contributed by atoms with van der Waals surface area (Å²) >= 11 is 3.40. The summed E-state index contributed by atoms with van der Waals surface area (Å²) in [5.41, 5.74) is 0. The molecule has 0 N–H and O–H groups in total. The number of hydrogen-bond donors (Lipinski definition) is 0. The average molecular weight is 297 g/mol. The Bertz CT molecular complexity index is 515. The molecule has 0 aromatic carbocycles. The van der Waals surface area contributed by atoms with Crippen LogP contribution in [0.4, 0.5) is 0 Å². The molecule has 1 fully saturated rings. The van der Waals surface area contributed by atoms with Crippen molar-refractivity contribution in [1.29, 1.82) is 0 Å². The zero-order valence-corrected chi connectivity index (χ0v) is 11.1. The van der Waals surface area contributed by atoms with Gasteiger partial charge in [0, 0.05) is 19.3 Å². The molecule has 0 saturated carbocycles. The van der Waals surface area contributed by atoms with Crippen molar-refractivity contribution in [1.82, 2.24) is 19.7 Å². The van der Waals surface area contributed by atoms with E-state index in [9.17, 15) is 0 Å². The number of likely N-dealkylation sites (tertiary alicyclic amines) is 1. The molecule has 6 heteroatoms. The zero-order chi connectivity index (χ0) is 11.8. The van der Waals surface area contributed by atoms with Crippen LogP contribution in [0.25, 0.3) is 0 Å². The number of aromatic nitrogens is 3. The maximum Gasteiger partial charge on any atom is 0.208 e. The number of halogens is 1. The summed E-state index contributed by atoms with van der Waals surface area (Å²) in [7, 11) is 0. The van der Waals surface area contributed by atoms with E-state index in [0.717, 1.165) is 35.8 Å². The lowest BCUT2D eigenvalue weighted by Gasteiger charge is -2.38. The van der Waals surface area contributed by atoms with Gasteiger partial charge in [-0.15, -0.1) is 0 Å². The van der Waals surface area contributed by atoms with E-state index in [1.54, 1.807) is 6.20 Å². The number of aryl methyl sites for hydroxylation is 1. The summed E-state index contributed by atoms with van der Waals surface area (Å²) in [4.78, 5) is 6.50. The van der Waals surface area contributed by atoms with Crippen molar-refractivity contribution in [2.45, 2.75) is 19.5 Å². The molecule has 3 rings (SSSR count). The minimum Gasteiger partial charge on any atom is -0.445 e. The summed E-state index contributed by atoms with van der Waals surface area (Å²) < 4.78 is 8.48. The highest BCUT2D eigenvalue weighted by Gasteiger charge is 2.29. The molecule has 1 aliphatic heterocycles. The van der Waals surface area contributed by atoms with Crippen LogP contribution in [0.5, 0.6) is 0 Å². The number of hydrogen-bond acceptors (Lipinski definition) is 4. The number of nitrogens with zero attached hydrogens (tertiary/aromatic N) is 4. The fourth-order valence-electron chi connectivity index (χ4n) is 2.02. The lowest BCUT2D eigenvalue weighted by Crippen LogP contribution is -2.47. The van der Waals surface area contributed by atoms with E-state index in [0.29, 0.717) is 6.04 Å².